The summed E-state index contributed by atoms with van der Waals surface area (Å²) in [6.07, 6.45) is 4.70. The van der Waals surface area contributed by atoms with Crippen LogP contribution in [0.3, 0.4) is 0 Å². The van der Waals surface area contributed by atoms with E-state index in [2.05, 4.69) is 31.3 Å². The fraction of sp³-hybridized carbons (Fsp3) is 0.462. The highest BCUT2D eigenvalue weighted by Gasteiger charge is 2.28. The summed E-state index contributed by atoms with van der Waals surface area (Å²) in [6.45, 7) is 8.47. The molecule has 2 aromatic carbocycles. The lowest BCUT2D eigenvalue weighted by Crippen LogP contribution is -2.50. The smallest absolute Gasteiger partial charge is 0.242 e. The maximum atomic E-state index is 13.4. The van der Waals surface area contributed by atoms with Crippen LogP contribution in [0.5, 0.6) is 0 Å². The Kier molecular flexibility index (Phi) is 7.30. The van der Waals surface area contributed by atoms with Crippen LogP contribution in [0.15, 0.2) is 42.5 Å². The Hall–Kier alpha value is -2.62. The second-order valence-electron chi connectivity index (χ2n) is 8.71. The molecule has 0 aromatic heterocycles. The van der Waals surface area contributed by atoms with E-state index in [1.807, 2.05) is 44.2 Å². The molecule has 0 heterocycles. The second-order valence-corrected chi connectivity index (χ2v) is 8.71. The van der Waals surface area contributed by atoms with Crippen molar-refractivity contribution in [2.24, 2.45) is 0 Å². The van der Waals surface area contributed by atoms with Crippen LogP contribution >= 0.6 is 0 Å². The van der Waals surface area contributed by atoms with Crippen molar-refractivity contribution >= 4 is 11.8 Å². The third kappa shape index (κ3) is 5.50. The van der Waals surface area contributed by atoms with Crippen LogP contribution in [0.25, 0.3) is 0 Å². The number of aryl methyl sites for hydroxylation is 3. The zero-order valence-electron chi connectivity index (χ0n) is 18.7. The maximum Gasteiger partial charge on any atom is 0.242 e. The minimum atomic E-state index is -0.510. The highest BCUT2D eigenvalue weighted by molar-refractivity contribution is 5.88. The highest BCUT2D eigenvalue weighted by Crippen LogP contribution is 2.20. The molecule has 4 heteroatoms. The first-order valence-electron chi connectivity index (χ1n) is 11.1. The summed E-state index contributed by atoms with van der Waals surface area (Å²) in [7, 11) is 0. The van der Waals surface area contributed by atoms with Gasteiger partial charge in [0.05, 0.1) is 6.42 Å². The number of carbonyl (C=O) groups is 2. The third-order valence-electron chi connectivity index (χ3n) is 6.40. The second kappa shape index (κ2) is 9.92. The Morgan fingerprint density at radius 1 is 1.00 bits per heavy atom. The molecule has 2 aromatic rings. The quantitative estimate of drug-likeness (QED) is 0.729. The van der Waals surface area contributed by atoms with Gasteiger partial charge in [-0.2, -0.15) is 0 Å². The summed E-state index contributed by atoms with van der Waals surface area (Å²) in [6, 6.07) is 13.9. The molecule has 0 spiro atoms. The van der Waals surface area contributed by atoms with Gasteiger partial charge in [0.15, 0.2) is 0 Å². The van der Waals surface area contributed by atoms with Gasteiger partial charge in [-0.25, -0.2) is 0 Å². The molecule has 1 fully saturated rings. The predicted molar refractivity (Wildman–Crippen MR) is 121 cm³/mol. The molecule has 2 amide bonds. The van der Waals surface area contributed by atoms with E-state index >= 15 is 0 Å². The topological polar surface area (TPSA) is 49.4 Å². The Morgan fingerprint density at radius 2 is 1.70 bits per heavy atom. The van der Waals surface area contributed by atoms with Crippen molar-refractivity contribution in [1.82, 2.24) is 10.2 Å². The Morgan fingerprint density at radius 3 is 2.37 bits per heavy atom. The van der Waals surface area contributed by atoms with Crippen LogP contribution in [-0.2, 0) is 22.6 Å². The molecule has 0 unspecified atom stereocenters. The van der Waals surface area contributed by atoms with E-state index in [1.165, 1.54) is 11.1 Å². The molecule has 1 aliphatic carbocycles. The zero-order chi connectivity index (χ0) is 21.7. The average molecular weight is 407 g/mol. The van der Waals surface area contributed by atoms with E-state index in [0.717, 1.165) is 42.4 Å². The van der Waals surface area contributed by atoms with Crippen LogP contribution in [0.4, 0.5) is 0 Å². The number of hydrogen-bond donors (Lipinski definition) is 1. The van der Waals surface area contributed by atoms with Crippen LogP contribution < -0.4 is 5.32 Å². The number of rotatable bonds is 7. The average Bonchev–Trinajstić information content (AvgIpc) is 3.22. The van der Waals surface area contributed by atoms with Gasteiger partial charge in [-0.05, 0) is 68.4 Å². The third-order valence-corrected chi connectivity index (χ3v) is 6.40. The standard InChI is InChI=1S/C26H34N2O2/c1-18-13-14-22(15-20(18)3)16-25(29)28(17-23-10-6-5-9-19(23)2)21(4)26(30)27-24-11-7-8-12-24/h5-6,9-10,13-15,21,24H,7-8,11-12,16-17H2,1-4H3,(H,27,30)/t21-/m0/s1. The van der Waals surface area contributed by atoms with E-state index in [-0.39, 0.29) is 17.9 Å². The van der Waals surface area contributed by atoms with E-state index in [0.29, 0.717) is 13.0 Å². The molecule has 0 bridgehead atoms. The van der Waals surface area contributed by atoms with Crippen LogP contribution in [0.1, 0.15) is 60.4 Å². The van der Waals surface area contributed by atoms with Gasteiger partial charge in [0, 0.05) is 12.6 Å². The Labute approximate surface area is 180 Å². The lowest BCUT2D eigenvalue weighted by molar-refractivity contribution is -0.140. The van der Waals surface area contributed by atoms with E-state index in [4.69, 9.17) is 0 Å². The lowest BCUT2D eigenvalue weighted by Gasteiger charge is -2.30. The number of nitrogens with one attached hydrogen (secondary N) is 1. The first kappa shape index (κ1) is 22.1. The van der Waals surface area contributed by atoms with E-state index in [1.54, 1.807) is 4.90 Å². The van der Waals surface area contributed by atoms with Crippen molar-refractivity contribution < 1.29 is 9.59 Å². The minimum absolute atomic E-state index is 0.0180. The molecular formula is C26H34N2O2. The summed E-state index contributed by atoms with van der Waals surface area (Å²) in [5.74, 6) is -0.0699. The summed E-state index contributed by atoms with van der Waals surface area (Å²) >= 11 is 0. The first-order valence-corrected chi connectivity index (χ1v) is 11.1. The van der Waals surface area contributed by atoms with Gasteiger partial charge in [-0.1, -0.05) is 55.3 Å². The monoisotopic (exact) mass is 406 g/mol. The number of amides is 2. The molecule has 1 atom stereocenters. The number of carbonyl (C=O) groups excluding carboxylic acids is 2. The van der Waals surface area contributed by atoms with Crippen molar-refractivity contribution in [2.75, 3.05) is 0 Å². The van der Waals surface area contributed by atoms with Gasteiger partial charge < -0.3 is 10.2 Å². The molecule has 1 aliphatic rings. The molecule has 1 saturated carbocycles. The SMILES string of the molecule is Cc1ccc(CC(=O)N(Cc2ccccc2C)[C@@H](C)C(=O)NC2CCCC2)cc1C. The summed E-state index contributed by atoms with van der Waals surface area (Å²) in [5, 5.41) is 3.16. The van der Waals surface area contributed by atoms with Crippen molar-refractivity contribution in [1.29, 1.82) is 0 Å². The Balaban J connectivity index is 1.79. The maximum absolute atomic E-state index is 13.4. The number of nitrogens with zero attached hydrogens (tertiary/aromatic N) is 1. The lowest BCUT2D eigenvalue weighted by atomic mass is 10.0. The van der Waals surface area contributed by atoms with Gasteiger partial charge in [0.1, 0.15) is 6.04 Å². The van der Waals surface area contributed by atoms with Crippen LogP contribution in [0.2, 0.25) is 0 Å². The molecule has 0 radical (unpaired) electrons. The fourth-order valence-electron chi connectivity index (χ4n) is 4.14. The summed E-state index contributed by atoms with van der Waals surface area (Å²) < 4.78 is 0. The number of hydrogen-bond acceptors (Lipinski definition) is 2. The molecule has 1 N–H and O–H groups in total. The predicted octanol–water partition coefficient (Wildman–Crippen LogP) is 4.63. The minimum Gasteiger partial charge on any atom is -0.352 e. The highest BCUT2D eigenvalue weighted by atomic mass is 16.2. The van der Waals surface area contributed by atoms with Crippen LogP contribution in [-0.4, -0.2) is 28.8 Å². The molecule has 0 saturated heterocycles. The van der Waals surface area contributed by atoms with E-state index < -0.39 is 6.04 Å². The van der Waals surface area contributed by atoms with Crippen LogP contribution in [0, 0.1) is 20.8 Å². The van der Waals surface area contributed by atoms with Crippen molar-refractivity contribution in [3.63, 3.8) is 0 Å². The number of benzene rings is 2. The molecule has 30 heavy (non-hydrogen) atoms. The molecule has 4 nitrogen and oxygen atoms in total. The fourth-order valence-corrected chi connectivity index (χ4v) is 4.14. The molecular weight excluding hydrogens is 372 g/mol. The zero-order valence-corrected chi connectivity index (χ0v) is 18.7. The van der Waals surface area contributed by atoms with Gasteiger partial charge >= 0.3 is 0 Å². The van der Waals surface area contributed by atoms with Crippen molar-refractivity contribution in [3.8, 4) is 0 Å². The Bertz CT molecular complexity index is 900. The van der Waals surface area contributed by atoms with Gasteiger partial charge in [-0.3, -0.25) is 9.59 Å². The van der Waals surface area contributed by atoms with E-state index in [9.17, 15) is 9.59 Å². The first-order chi connectivity index (χ1) is 14.3. The summed E-state index contributed by atoms with van der Waals surface area (Å²) in [4.78, 5) is 28.1. The molecule has 3 rings (SSSR count). The van der Waals surface area contributed by atoms with Gasteiger partial charge in [0.2, 0.25) is 11.8 Å². The van der Waals surface area contributed by atoms with Crippen molar-refractivity contribution in [2.45, 2.75) is 78.4 Å². The largest absolute Gasteiger partial charge is 0.352 e. The summed E-state index contributed by atoms with van der Waals surface area (Å²) in [5.41, 5.74) is 5.59. The van der Waals surface area contributed by atoms with Gasteiger partial charge in [0.25, 0.3) is 0 Å². The normalized spacial score (nSPS) is 15.1. The van der Waals surface area contributed by atoms with Gasteiger partial charge in [-0.15, -0.1) is 0 Å². The van der Waals surface area contributed by atoms with Crippen molar-refractivity contribution in [3.05, 3.63) is 70.3 Å². The molecule has 0 aliphatic heterocycles. The molecule has 160 valence electrons.